The Morgan fingerprint density at radius 2 is 1.93 bits per heavy atom. The molecule has 12 heteroatoms. The number of carbonyl (C=O) groups is 2. The number of anilines is 1. The van der Waals surface area contributed by atoms with Crippen LogP contribution in [-0.2, 0) is 16.1 Å². The molecule has 1 heterocycles. The number of nitrogens with zero attached hydrogens (tertiary/aromatic N) is 2. The van der Waals surface area contributed by atoms with Gasteiger partial charge in [-0.05, 0) is 23.8 Å². The van der Waals surface area contributed by atoms with Crippen LogP contribution in [0.5, 0.6) is 11.5 Å². The number of hydrogen-bond acceptors (Lipinski definition) is 6. The van der Waals surface area contributed by atoms with Crippen molar-refractivity contribution < 1.29 is 37.2 Å². The zero-order valence-electron chi connectivity index (χ0n) is 15.1. The summed E-state index contributed by atoms with van der Waals surface area (Å²) < 4.78 is 45.5. The van der Waals surface area contributed by atoms with E-state index < -0.39 is 35.4 Å². The lowest BCUT2D eigenvalue weighted by molar-refractivity contribution is -0.384. The second-order valence-corrected chi connectivity index (χ2v) is 6.15. The molecule has 1 aliphatic heterocycles. The molecule has 0 saturated heterocycles. The molecule has 0 atom stereocenters. The van der Waals surface area contributed by atoms with E-state index >= 15 is 0 Å². The molecular weight excluding hydrogens is 411 g/mol. The summed E-state index contributed by atoms with van der Waals surface area (Å²) in [4.78, 5) is 35.8. The summed E-state index contributed by atoms with van der Waals surface area (Å²) in [5.74, 6) is -1.28. The van der Waals surface area contributed by atoms with Gasteiger partial charge in [-0.2, -0.15) is 0 Å². The van der Waals surface area contributed by atoms with Crippen molar-refractivity contribution in [2.75, 3.05) is 18.1 Å². The van der Waals surface area contributed by atoms with Crippen molar-refractivity contribution in [1.29, 1.82) is 0 Å². The lowest BCUT2D eigenvalue weighted by atomic mass is 10.2. The predicted octanol–water partition coefficient (Wildman–Crippen LogP) is 2.54. The largest absolute Gasteiger partial charge is 0.573 e. The van der Waals surface area contributed by atoms with Gasteiger partial charge in [0.2, 0.25) is 5.91 Å². The van der Waals surface area contributed by atoms with Crippen LogP contribution in [-0.4, -0.2) is 36.3 Å². The van der Waals surface area contributed by atoms with Crippen LogP contribution in [0.15, 0.2) is 42.5 Å². The van der Waals surface area contributed by atoms with Gasteiger partial charge in [-0.15, -0.1) is 13.2 Å². The van der Waals surface area contributed by atoms with Gasteiger partial charge < -0.3 is 14.8 Å². The minimum atomic E-state index is -4.80. The van der Waals surface area contributed by atoms with Crippen molar-refractivity contribution in [3.05, 3.63) is 58.1 Å². The van der Waals surface area contributed by atoms with Crippen LogP contribution < -0.4 is 19.7 Å². The molecular formula is C18H14F3N3O6. The number of benzene rings is 2. The van der Waals surface area contributed by atoms with Crippen molar-refractivity contribution in [1.82, 2.24) is 5.32 Å². The van der Waals surface area contributed by atoms with Crippen molar-refractivity contribution in [2.45, 2.75) is 12.9 Å². The van der Waals surface area contributed by atoms with Crippen molar-refractivity contribution in [3.8, 4) is 11.5 Å². The second kappa shape index (κ2) is 8.27. The van der Waals surface area contributed by atoms with Gasteiger partial charge in [-0.3, -0.25) is 24.6 Å². The number of nitro groups is 1. The molecule has 9 nitrogen and oxygen atoms in total. The molecule has 0 unspecified atom stereocenters. The molecule has 0 saturated carbocycles. The van der Waals surface area contributed by atoms with Crippen LogP contribution in [0, 0.1) is 10.1 Å². The first-order chi connectivity index (χ1) is 14.1. The summed E-state index contributed by atoms with van der Waals surface area (Å²) in [6.45, 7) is -0.740. The van der Waals surface area contributed by atoms with Gasteiger partial charge in [0.05, 0.1) is 10.6 Å². The molecule has 2 aromatic rings. The Morgan fingerprint density at radius 3 is 2.57 bits per heavy atom. The second-order valence-electron chi connectivity index (χ2n) is 6.15. The SMILES string of the molecule is O=C(CN1C(=O)COc2ccc([N+](=O)[O-])cc21)NCc1ccc(OC(F)(F)F)cc1. The number of ether oxygens (including phenoxy) is 2. The van der Waals surface area contributed by atoms with Crippen molar-refractivity contribution in [2.24, 2.45) is 0 Å². The molecule has 0 radical (unpaired) electrons. The first kappa shape index (κ1) is 20.9. The molecule has 30 heavy (non-hydrogen) atoms. The fourth-order valence-corrected chi connectivity index (χ4v) is 2.69. The Bertz CT molecular complexity index is 978. The molecule has 0 bridgehead atoms. The first-order valence-electron chi connectivity index (χ1n) is 8.45. The zero-order chi connectivity index (χ0) is 21.9. The minimum absolute atomic E-state index is 0.00848. The Kier molecular flexibility index (Phi) is 5.76. The number of non-ortho nitro benzene ring substituents is 1. The van der Waals surface area contributed by atoms with Crippen LogP contribution in [0.3, 0.4) is 0 Å². The smallest absolute Gasteiger partial charge is 0.482 e. The molecule has 0 aromatic heterocycles. The van der Waals surface area contributed by atoms with E-state index in [4.69, 9.17) is 4.74 Å². The van der Waals surface area contributed by atoms with Crippen LogP contribution in [0.25, 0.3) is 0 Å². The molecule has 3 rings (SSSR count). The summed E-state index contributed by atoms with van der Waals surface area (Å²) in [5.41, 5.74) is 0.338. The normalized spacial score (nSPS) is 13.3. The number of amides is 2. The number of fused-ring (bicyclic) bond motifs is 1. The lowest BCUT2D eigenvalue weighted by Gasteiger charge is -2.28. The summed E-state index contributed by atoms with van der Waals surface area (Å²) in [6.07, 6.45) is -4.80. The molecule has 2 amide bonds. The quantitative estimate of drug-likeness (QED) is 0.563. The number of alkyl halides is 3. The third-order valence-corrected chi connectivity index (χ3v) is 4.04. The van der Waals surface area contributed by atoms with E-state index in [1.54, 1.807) is 0 Å². The molecule has 2 aromatic carbocycles. The highest BCUT2D eigenvalue weighted by molar-refractivity contribution is 6.02. The van der Waals surface area contributed by atoms with Gasteiger partial charge in [0, 0.05) is 18.7 Å². The maximum absolute atomic E-state index is 12.3. The van der Waals surface area contributed by atoms with Crippen molar-refractivity contribution in [3.63, 3.8) is 0 Å². The third-order valence-electron chi connectivity index (χ3n) is 4.04. The Labute approximate surface area is 167 Å². The van der Waals surface area contributed by atoms with Gasteiger partial charge in [0.15, 0.2) is 6.61 Å². The highest BCUT2D eigenvalue weighted by Gasteiger charge is 2.31. The van der Waals surface area contributed by atoms with E-state index in [1.165, 1.54) is 24.3 Å². The highest BCUT2D eigenvalue weighted by Crippen LogP contribution is 2.35. The standard InChI is InChI=1S/C18H14F3N3O6/c19-18(20,21)30-13-4-1-11(2-5-13)8-22-16(25)9-23-14-7-12(24(27)28)3-6-15(14)29-10-17(23)26/h1-7H,8-10H2,(H,22,25). The summed E-state index contributed by atoms with van der Waals surface area (Å²) in [5, 5.41) is 13.5. The summed E-state index contributed by atoms with van der Waals surface area (Å²) in [7, 11) is 0. The van der Waals surface area contributed by atoms with E-state index in [0.717, 1.165) is 23.1 Å². The van der Waals surface area contributed by atoms with E-state index in [2.05, 4.69) is 10.1 Å². The molecule has 0 aliphatic carbocycles. The van der Waals surface area contributed by atoms with Gasteiger partial charge in [-0.1, -0.05) is 12.1 Å². The fourth-order valence-electron chi connectivity index (χ4n) is 2.69. The maximum atomic E-state index is 12.3. The van der Waals surface area contributed by atoms with Gasteiger partial charge in [0.25, 0.3) is 11.6 Å². The number of rotatable bonds is 6. The number of halogens is 3. The highest BCUT2D eigenvalue weighted by atomic mass is 19.4. The predicted molar refractivity (Wildman–Crippen MR) is 95.9 cm³/mol. The average molecular weight is 425 g/mol. The number of nitrogens with one attached hydrogen (secondary N) is 1. The number of nitro benzene ring substituents is 1. The van der Waals surface area contributed by atoms with Crippen LogP contribution in [0.1, 0.15) is 5.56 Å². The minimum Gasteiger partial charge on any atom is -0.482 e. The zero-order valence-corrected chi connectivity index (χ0v) is 15.1. The van der Waals surface area contributed by atoms with E-state index in [0.29, 0.717) is 5.56 Å². The molecule has 0 fully saturated rings. The fraction of sp³-hybridized carbons (Fsp3) is 0.222. The van der Waals surface area contributed by atoms with Crippen molar-refractivity contribution >= 4 is 23.2 Å². The molecule has 158 valence electrons. The monoisotopic (exact) mass is 425 g/mol. The third kappa shape index (κ3) is 5.16. The van der Waals surface area contributed by atoms with Gasteiger partial charge >= 0.3 is 6.36 Å². The average Bonchev–Trinajstić information content (AvgIpc) is 2.68. The van der Waals surface area contributed by atoms with E-state index in [-0.39, 0.29) is 30.3 Å². The van der Waals surface area contributed by atoms with E-state index in [1.807, 2.05) is 0 Å². The summed E-state index contributed by atoms with van der Waals surface area (Å²) >= 11 is 0. The number of hydrogen-bond donors (Lipinski definition) is 1. The molecule has 0 spiro atoms. The van der Waals surface area contributed by atoms with Crippen LogP contribution in [0.2, 0.25) is 0 Å². The maximum Gasteiger partial charge on any atom is 0.573 e. The van der Waals surface area contributed by atoms with Gasteiger partial charge in [-0.25, -0.2) is 0 Å². The van der Waals surface area contributed by atoms with Crippen LogP contribution >= 0.6 is 0 Å². The molecule has 1 N–H and O–H groups in total. The van der Waals surface area contributed by atoms with E-state index in [9.17, 15) is 32.9 Å². The van der Waals surface area contributed by atoms with Gasteiger partial charge in [0.1, 0.15) is 18.0 Å². The topological polar surface area (TPSA) is 111 Å². The Hall–Kier alpha value is -3.83. The molecule has 1 aliphatic rings. The Morgan fingerprint density at radius 1 is 1.23 bits per heavy atom. The first-order valence-corrected chi connectivity index (χ1v) is 8.45. The summed E-state index contributed by atoms with van der Waals surface area (Å²) in [6, 6.07) is 8.61. The number of carbonyl (C=O) groups excluding carboxylic acids is 2. The van der Waals surface area contributed by atoms with Crippen LogP contribution in [0.4, 0.5) is 24.5 Å². The lowest BCUT2D eigenvalue weighted by Crippen LogP contribution is -2.45. The Balaban J connectivity index is 1.63.